The lowest BCUT2D eigenvalue weighted by atomic mass is 10.0. The number of unbranched alkanes of at least 4 members (excludes halogenated alkanes) is 2. The second kappa shape index (κ2) is 9.34. The molecule has 11 heteroatoms. The van der Waals surface area contributed by atoms with Gasteiger partial charge in [0.1, 0.15) is 6.61 Å². The smallest absolute Gasteiger partial charge is 0.377 e. The van der Waals surface area contributed by atoms with Crippen LogP contribution in [0.2, 0.25) is 6.04 Å². The van der Waals surface area contributed by atoms with Gasteiger partial charge < -0.3 is 13.3 Å². The first-order valence-corrected chi connectivity index (χ1v) is 9.34. The third-order valence-electron chi connectivity index (χ3n) is 3.51. The standard InChI is InChI=1S/C13H23F7O3Si/c1-4-24(21-2,22-3)23-10-12(16,17)11(14,15)8-6-5-7-9-13(18,19)20/h4-10H2,1-3H3. The van der Waals surface area contributed by atoms with E-state index < -0.39 is 52.7 Å². The zero-order valence-electron chi connectivity index (χ0n) is 13.8. The molecule has 0 rings (SSSR count). The molecule has 0 fully saturated rings. The lowest BCUT2D eigenvalue weighted by Gasteiger charge is -2.31. The second-order valence-corrected chi connectivity index (χ2v) is 8.50. The molecule has 24 heavy (non-hydrogen) atoms. The van der Waals surface area contributed by atoms with Gasteiger partial charge in [-0.25, -0.2) is 0 Å². The van der Waals surface area contributed by atoms with Crippen molar-refractivity contribution in [2.75, 3.05) is 20.8 Å². The summed E-state index contributed by atoms with van der Waals surface area (Å²) in [6.07, 6.45) is -7.75. The van der Waals surface area contributed by atoms with E-state index in [9.17, 15) is 30.7 Å². The van der Waals surface area contributed by atoms with Crippen molar-refractivity contribution in [3.8, 4) is 0 Å². The van der Waals surface area contributed by atoms with Crippen LogP contribution in [0, 0.1) is 0 Å². The van der Waals surface area contributed by atoms with E-state index in [1.54, 1.807) is 6.92 Å². The highest BCUT2D eigenvalue weighted by atomic mass is 28.4. The highest BCUT2D eigenvalue weighted by Crippen LogP contribution is 2.39. The van der Waals surface area contributed by atoms with Crippen LogP contribution in [0.4, 0.5) is 30.7 Å². The monoisotopic (exact) mass is 388 g/mol. The summed E-state index contributed by atoms with van der Waals surface area (Å²) < 4.78 is 105. The van der Waals surface area contributed by atoms with Crippen molar-refractivity contribution < 1.29 is 44.0 Å². The Labute approximate surface area is 137 Å². The molecule has 0 radical (unpaired) electrons. The first-order chi connectivity index (χ1) is 10.8. The zero-order valence-corrected chi connectivity index (χ0v) is 14.8. The SMILES string of the molecule is CC[Si](OC)(OC)OCC(F)(F)C(F)(F)CCCCCC(F)(F)F. The molecular formula is C13H23F7O3Si. The first-order valence-electron chi connectivity index (χ1n) is 7.41. The van der Waals surface area contributed by atoms with E-state index >= 15 is 0 Å². The molecule has 0 aliphatic carbocycles. The van der Waals surface area contributed by atoms with Crippen molar-refractivity contribution in [3.05, 3.63) is 0 Å². The number of alkyl halides is 7. The summed E-state index contributed by atoms with van der Waals surface area (Å²) in [6, 6.07) is 0.124. The van der Waals surface area contributed by atoms with Gasteiger partial charge >= 0.3 is 26.8 Å². The molecule has 146 valence electrons. The van der Waals surface area contributed by atoms with Crippen LogP contribution in [0.15, 0.2) is 0 Å². The molecule has 0 unspecified atom stereocenters. The number of hydrogen-bond donors (Lipinski definition) is 0. The average Bonchev–Trinajstić information content (AvgIpc) is 2.47. The number of hydrogen-bond acceptors (Lipinski definition) is 3. The molecule has 0 spiro atoms. The van der Waals surface area contributed by atoms with Crippen LogP contribution in [0.25, 0.3) is 0 Å². The van der Waals surface area contributed by atoms with E-state index in [0.717, 1.165) is 0 Å². The summed E-state index contributed by atoms with van der Waals surface area (Å²) >= 11 is 0. The molecule has 0 aromatic rings. The maximum atomic E-state index is 13.7. The van der Waals surface area contributed by atoms with Crippen molar-refractivity contribution in [2.45, 2.75) is 63.1 Å². The normalized spacial score (nSPS) is 14.2. The van der Waals surface area contributed by atoms with E-state index in [0.29, 0.717) is 0 Å². The van der Waals surface area contributed by atoms with Crippen molar-refractivity contribution in [3.63, 3.8) is 0 Å². The lowest BCUT2D eigenvalue weighted by Crippen LogP contribution is -2.51. The van der Waals surface area contributed by atoms with Gasteiger partial charge in [0.05, 0.1) is 0 Å². The van der Waals surface area contributed by atoms with E-state index in [-0.39, 0.29) is 18.9 Å². The molecule has 0 aliphatic heterocycles. The molecule has 0 bridgehead atoms. The predicted molar refractivity (Wildman–Crippen MR) is 75.2 cm³/mol. The fourth-order valence-electron chi connectivity index (χ4n) is 1.93. The molecule has 0 aliphatic rings. The predicted octanol–water partition coefficient (Wildman–Crippen LogP) is 5.04. The van der Waals surface area contributed by atoms with Gasteiger partial charge in [-0.3, -0.25) is 0 Å². The molecule has 0 heterocycles. The molecule has 0 amide bonds. The maximum Gasteiger partial charge on any atom is 0.500 e. The number of halogens is 7. The second-order valence-electron chi connectivity index (χ2n) is 5.32. The average molecular weight is 388 g/mol. The van der Waals surface area contributed by atoms with Crippen LogP contribution in [-0.2, 0) is 13.3 Å². The highest BCUT2D eigenvalue weighted by Gasteiger charge is 2.57. The van der Waals surface area contributed by atoms with Gasteiger partial charge in [-0.15, -0.1) is 0 Å². The van der Waals surface area contributed by atoms with Gasteiger partial charge in [-0.1, -0.05) is 13.3 Å². The minimum Gasteiger partial charge on any atom is -0.377 e. The van der Waals surface area contributed by atoms with Gasteiger partial charge in [-0.2, -0.15) is 30.7 Å². The van der Waals surface area contributed by atoms with Gasteiger partial charge in [0.25, 0.3) is 0 Å². The van der Waals surface area contributed by atoms with E-state index in [4.69, 9.17) is 13.3 Å². The summed E-state index contributed by atoms with van der Waals surface area (Å²) in [4.78, 5) is 0. The summed E-state index contributed by atoms with van der Waals surface area (Å²) in [5.74, 6) is -8.86. The van der Waals surface area contributed by atoms with Crippen molar-refractivity contribution in [1.29, 1.82) is 0 Å². The van der Waals surface area contributed by atoms with Crippen LogP contribution in [0.1, 0.15) is 39.0 Å². The number of rotatable bonds is 12. The van der Waals surface area contributed by atoms with E-state index in [1.807, 2.05) is 0 Å². The first kappa shape index (κ1) is 23.6. The molecule has 0 aromatic carbocycles. The molecule has 0 saturated heterocycles. The van der Waals surface area contributed by atoms with E-state index in [1.165, 1.54) is 14.2 Å². The van der Waals surface area contributed by atoms with Crippen LogP contribution in [0.3, 0.4) is 0 Å². The van der Waals surface area contributed by atoms with E-state index in [2.05, 4.69) is 0 Å². The molecule has 0 N–H and O–H groups in total. The quantitative estimate of drug-likeness (QED) is 0.266. The van der Waals surface area contributed by atoms with Gasteiger partial charge in [0, 0.05) is 33.1 Å². The zero-order chi connectivity index (χ0) is 19.1. The Bertz CT molecular complexity index is 352. The summed E-state index contributed by atoms with van der Waals surface area (Å²) in [7, 11) is -1.06. The lowest BCUT2D eigenvalue weighted by molar-refractivity contribution is -0.229. The van der Waals surface area contributed by atoms with Crippen LogP contribution in [0.5, 0.6) is 0 Å². The van der Waals surface area contributed by atoms with Gasteiger partial charge in [0.2, 0.25) is 0 Å². The van der Waals surface area contributed by atoms with Gasteiger partial charge in [-0.05, 0) is 12.8 Å². The van der Waals surface area contributed by atoms with Gasteiger partial charge in [0.15, 0.2) is 0 Å². The summed E-state index contributed by atoms with van der Waals surface area (Å²) in [5, 5.41) is 0. The molecule has 3 nitrogen and oxygen atoms in total. The fraction of sp³-hybridized carbons (Fsp3) is 1.00. The Morgan fingerprint density at radius 3 is 1.67 bits per heavy atom. The maximum absolute atomic E-state index is 13.7. The Morgan fingerprint density at radius 2 is 1.25 bits per heavy atom. The summed E-state index contributed by atoms with van der Waals surface area (Å²) in [5.41, 5.74) is 0. The van der Waals surface area contributed by atoms with Crippen LogP contribution >= 0.6 is 0 Å². The third-order valence-corrected chi connectivity index (χ3v) is 6.21. The molecular weight excluding hydrogens is 365 g/mol. The molecule has 0 aromatic heterocycles. The fourth-order valence-corrected chi connectivity index (χ4v) is 3.52. The van der Waals surface area contributed by atoms with Crippen molar-refractivity contribution in [1.82, 2.24) is 0 Å². The summed E-state index contributed by atoms with van der Waals surface area (Å²) in [6.45, 7) is -0.0273. The molecule has 0 saturated carbocycles. The Balaban J connectivity index is 4.48. The minimum atomic E-state index is -4.47. The van der Waals surface area contributed by atoms with Crippen LogP contribution in [-0.4, -0.2) is 47.7 Å². The Kier molecular flexibility index (Phi) is 9.19. The topological polar surface area (TPSA) is 27.7 Å². The van der Waals surface area contributed by atoms with Crippen LogP contribution < -0.4 is 0 Å². The largest absolute Gasteiger partial charge is 0.500 e. The van der Waals surface area contributed by atoms with Crippen molar-refractivity contribution >= 4 is 8.80 Å². The van der Waals surface area contributed by atoms with Crippen molar-refractivity contribution in [2.24, 2.45) is 0 Å². The minimum absolute atomic E-state index is 0.124. The highest BCUT2D eigenvalue weighted by molar-refractivity contribution is 6.60. The Morgan fingerprint density at radius 1 is 0.750 bits per heavy atom. The third kappa shape index (κ3) is 7.66. The molecule has 0 atom stereocenters. The Hall–Kier alpha value is -0.393.